The molecule has 30 heavy (non-hydrogen) atoms. The van der Waals surface area contributed by atoms with Gasteiger partial charge in [0.05, 0.1) is 23.2 Å². The fraction of sp³-hybridized carbons (Fsp3) is 0.217. The van der Waals surface area contributed by atoms with Crippen molar-refractivity contribution in [3.05, 3.63) is 87.4 Å². The minimum Gasteiger partial charge on any atom is -0.507 e. The predicted molar refractivity (Wildman–Crippen MR) is 119 cm³/mol. The van der Waals surface area contributed by atoms with Gasteiger partial charge in [0.25, 0.3) is 0 Å². The summed E-state index contributed by atoms with van der Waals surface area (Å²) in [7, 11) is 1.67. The van der Waals surface area contributed by atoms with Crippen LogP contribution >= 0.6 is 23.2 Å². The van der Waals surface area contributed by atoms with Crippen molar-refractivity contribution >= 4 is 23.2 Å². The first-order chi connectivity index (χ1) is 14.6. The summed E-state index contributed by atoms with van der Waals surface area (Å²) in [5, 5.41) is 11.7. The fourth-order valence-electron chi connectivity index (χ4n) is 3.73. The van der Waals surface area contributed by atoms with Gasteiger partial charge in [0, 0.05) is 29.7 Å². The van der Waals surface area contributed by atoms with Crippen LogP contribution in [0.3, 0.4) is 0 Å². The van der Waals surface area contributed by atoms with Gasteiger partial charge in [-0.2, -0.15) is 0 Å². The van der Waals surface area contributed by atoms with Crippen molar-refractivity contribution in [3.63, 3.8) is 0 Å². The zero-order valence-electron chi connectivity index (χ0n) is 16.4. The maximum Gasteiger partial charge on any atom is 0.124 e. The molecule has 1 saturated heterocycles. The van der Waals surface area contributed by atoms with Crippen LogP contribution in [0.2, 0.25) is 10.0 Å². The van der Waals surface area contributed by atoms with Gasteiger partial charge in [-0.05, 0) is 29.8 Å². The molecular formula is C23H22Cl2N2O3. The standard InChI is InChI=1S/C23H22Cl2N2O3/c1-29-22-5-3-2-4-16(22)18-12-26-27-23(18)17-8-7-15(11-21(17)28)30-13-14-6-9-19(24)20(25)10-14/h2-11,18,23,26-28H,12-13H2,1H3. The Morgan fingerprint density at radius 3 is 2.60 bits per heavy atom. The predicted octanol–water partition coefficient (Wildman–Crippen LogP) is 5.22. The molecular weight excluding hydrogens is 423 g/mol. The van der Waals surface area contributed by atoms with E-state index in [1.165, 1.54) is 0 Å². The van der Waals surface area contributed by atoms with E-state index in [2.05, 4.69) is 16.9 Å². The Morgan fingerprint density at radius 2 is 1.83 bits per heavy atom. The van der Waals surface area contributed by atoms with E-state index in [1.54, 1.807) is 25.3 Å². The molecule has 156 valence electrons. The van der Waals surface area contributed by atoms with Crippen molar-refractivity contribution in [1.82, 2.24) is 10.9 Å². The average molecular weight is 445 g/mol. The third kappa shape index (κ3) is 4.35. The van der Waals surface area contributed by atoms with Crippen LogP contribution in [0.25, 0.3) is 0 Å². The Hall–Kier alpha value is -2.44. The smallest absolute Gasteiger partial charge is 0.124 e. The van der Waals surface area contributed by atoms with Gasteiger partial charge < -0.3 is 14.6 Å². The molecule has 3 aromatic carbocycles. The normalized spacial score (nSPS) is 18.4. The van der Waals surface area contributed by atoms with Gasteiger partial charge >= 0.3 is 0 Å². The number of aromatic hydroxyl groups is 1. The topological polar surface area (TPSA) is 62.8 Å². The van der Waals surface area contributed by atoms with Crippen molar-refractivity contribution in [2.24, 2.45) is 0 Å². The van der Waals surface area contributed by atoms with Gasteiger partial charge in [-0.1, -0.05) is 53.5 Å². The number of hydrogen-bond acceptors (Lipinski definition) is 5. The highest BCUT2D eigenvalue weighted by molar-refractivity contribution is 6.42. The van der Waals surface area contributed by atoms with Crippen molar-refractivity contribution in [1.29, 1.82) is 0 Å². The van der Waals surface area contributed by atoms with E-state index >= 15 is 0 Å². The fourth-order valence-corrected chi connectivity index (χ4v) is 4.05. The van der Waals surface area contributed by atoms with E-state index in [0.29, 0.717) is 22.4 Å². The van der Waals surface area contributed by atoms with Crippen LogP contribution in [0, 0.1) is 0 Å². The number of ether oxygens (including phenoxy) is 2. The number of nitrogens with one attached hydrogen (secondary N) is 2. The second kappa shape index (κ2) is 9.14. The molecule has 0 bridgehead atoms. The zero-order valence-corrected chi connectivity index (χ0v) is 17.9. The number of phenols is 1. The second-order valence-electron chi connectivity index (χ2n) is 7.11. The lowest BCUT2D eigenvalue weighted by atomic mass is 9.87. The number of methoxy groups -OCH3 is 1. The largest absolute Gasteiger partial charge is 0.507 e. The van der Waals surface area contributed by atoms with Gasteiger partial charge in [0.2, 0.25) is 0 Å². The Bertz CT molecular complexity index is 1040. The minimum atomic E-state index is -0.106. The van der Waals surface area contributed by atoms with Crippen LogP contribution < -0.4 is 20.3 Å². The van der Waals surface area contributed by atoms with E-state index in [4.69, 9.17) is 32.7 Å². The number of hydrazine groups is 1. The second-order valence-corrected chi connectivity index (χ2v) is 7.92. The Kier molecular flexibility index (Phi) is 6.35. The molecule has 1 fully saturated rings. The van der Waals surface area contributed by atoms with Crippen molar-refractivity contribution in [2.75, 3.05) is 13.7 Å². The van der Waals surface area contributed by atoms with Gasteiger partial charge in [-0.15, -0.1) is 0 Å². The average Bonchev–Trinajstić information content (AvgIpc) is 3.24. The summed E-state index contributed by atoms with van der Waals surface area (Å²) in [6, 6.07) is 18.6. The summed E-state index contributed by atoms with van der Waals surface area (Å²) in [4.78, 5) is 0. The van der Waals surface area contributed by atoms with Crippen molar-refractivity contribution in [2.45, 2.75) is 18.6 Å². The van der Waals surface area contributed by atoms with E-state index in [9.17, 15) is 5.11 Å². The Balaban J connectivity index is 1.51. The number of hydrogen-bond donors (Lipinski definition) is 3. The van der Waals surface area contributed by atoms with E-state index < -0.39 is 0 Å². The lowest BCUT2D eigenvalue weighted by Gasteiger charge is -2.22. The molecule has 7 heteroatoms. The lowest BCUT2D eigenvalue weighted by molar-refractivity contribution is 0.304. The summed E-state index contributed by atoms with van der Waals surface area (Å²) < 4.78 is 11.3. The first-order valence-corrected chi connectivity index (χ1v) is 10.3. The molecule has 3 aromatic rings. The first-order valence-electron chi connectivity index (χ1n) is 9.57. The molecule has 5 nitrogen and oxygen atoms in total. The summed E-state index contributed by atoms with van der Waals surface area (Å²) in [6.07, 6.45) is 0. The molecule has 1 aliphatic rings. The van der Waals surface area contributed by atoms with E-state index in [1.807, 2.05) is 36.4 Å². The molecule has 1 heterocycles. The van der Waals surface area contributed by atoms with Gasteiger partial charge in [0.15, 0.2) is 0 Å². The molecule has 0 aromatic heterocycles. The Morgan fingerprint density at radius 1 is 1.00 bits per heavy atom. The van der Waals surface area contributed by atoms with Crippen LogP contribution in [0.15, 0.2) is 60.7 Å². The number of para-hydroxylation sites is 1. The number of benzene rings is 3. The molecule has 2 unspecified atom stereocenters. The van der Waals surface area contributed by atoms with Crippen LogP contribution in [-0.2, 0) is 6.61 Å². The maximum atomic E-state index is 10.7. The monoisotopic (exact) mass is 444 g/mol. The highest BCUT2D eigenvalue weighted by Gasteiger charge is 2.33. The van der Waals surface area contributed by atoms with Crippen LogP contribution in [0.1, 0.15) is 28.7 Å². The highest BCUT2D eigenvalue weighted by atomic mass is 35.5. The van der Waals surface area contributed by atoms with Gasteiger partial charge in [-0.3, -0.25) is 5.43 Å². The number of phenolic OH excluding ortho intramolecular Hbond substituents is 1. The van der Waals surface area contributed by atoms with Crippen LogP contribution in [-0.4, -0.2) is 18.8 Å². The van der Waals surface area contributed by atoms with Crippen LogP contribution in [0.5, 0.6) is 17.2 Å². The third-order valence-electron chi connectivity index (χ3n) is 5.25. The van der Waals surface area contributed by atoms with Crippen LogP contribution in [0.4, 0.5) is 0 Å². The summed E-state index contributed by atoms with van der Waals surface area (Å²) in [5.74, 6) is 1.68. The van der Waals surface area contributed by atoms with E-state index in [0.717, 1.165) is 29.0 Å². The molecule has 0 amide bonds. The minimum absolute atomic E-state index is 0.106. The quantitative estimate of drug-likeness (QED) is 0.486. The maximum absolute atomic E-state index is 10.7. The van der Waals surface area contributed by atoms with Crippen molar-refractivity contribution in [3.8, 4) is 17.2 Å². The molecule has 0 aliphatic carbocycles. The molecule has 0 radical (unpaired) electrons. The molecule has 4 rings (SSSR count). The molecule has 0 saturated carbocycles. The first kappa shape index (κ1) is 20.8. The molecule has 2 atom stereocenters. The van der Waals surface area contributed by atoms with E-state index in [-0.39, 0.29) is 17.7 Å². The molecule has 1 aliphatic heterocycles. The molecule has 3 N–H and O–H groups in total. The van der Waals surface area contributed by atoms with Gasteiger partial charge in [0.1, 0.15) is 23.9 Å². The SMILES string of the molecule is COc1ccccc1C1CNNC1c1ccc(OCc2ccc(Cl)c(Cl)c2)cc1O. The molecule has 0 spiro atoms. The van der Waals surface area contributed by atoms with Gasteiger partial charge in [-0.25, -0.2) is 5.43 Å². The lowest BCUT2D eigenvalue weighted by Crippen LogP contribution is -2.25. The highest BCUT2D eigenvalue weighted by Crippen LogP contribution is 2.41. The zero-order chi connectivity index (χ0) is 21.1. The summed E-state index contributed by atoms with van der Waals surface area (Å²) >= 11 is 12.0. The summed E-state index contributed by atoms with van der Waals surface area (Å²) in [5.41, 5.74) is 9.24. The third-order valence-corrected chi connectivity index (χ3v) is 5.99. The van der Waals surface area contributed by atoms with Crippen molar-refractivity contribution < 1.29 is 14.6 Å². The number of rotatable bonds is 6. The Labute approximate surface area is 185 Å². The summed E-state index contributed by atoms with van der Waals surface area (Å²) in [6.45, 7) is 1.04. The number of halogens is 2.